The van der Waals surface area contributed by atoms with Crippen molar-refractivity contribution >= 4 is 23.4 Å². The highest BCUT2D eigenvalue weighted by molar-refractivity contribution is 5.94. The normalized spacial score (nSPS) is 19.4. The van der Waals surface area contributed by atoms with E-state index in [-0.39, 0.29) is 23.3 Å². The molecule has 0 saturated heterocycles. The third kappa shape index (κ3) is 4.29. The zero-order valence-corrected chi connectivity index (χ0v) is 17.9. The van der Waals surface area contributed by atoms with Crippen LogP contribution in [0, 0.1) is 5.92 Å². The van der Waals surface area contributed by atoms with Crippen LogP contribution in [0.4, 0.5) is 16.2 Å². The summed E-state index contributed by atoms with van der Waals surface area (Å²) in [4.78, 5) is 26.3. The second kappa shape index (κ2) is 8.27. The van der Waals surface area contributed by atoms with Gasteiger partial charge in [-0.05, 0) is 48.6 Å². The van der Waals surface area contributed by atoms with E-state index in [0.29, 0.717) is 12.2 Å². The van der Waals surface area contributed by atoms with Gasteiger partial charge in [0.05, 0.1) is 0 Å². The predicted molar refractivity (Wildman–Crippen MR) is 116 cm³/mol. The maximum absolute atomic E-state index is 12.3. The van der Waals surface area contributed by atoms with Crippen LogP contribution in [0.5, 0.6) is 0 Å². The molecule has 0 aromatic heterocycles. The Morgan fingerprint density at radius 3 is 2.41 bits per heavy atom. The molecule has 0 bridgehead atoms. The maximum Gasteiger partial charge on any atom is 0.411 e. The number of ether oxygens (including phenoxy) is 1. The topological polar surface area (TPSA) is 58.6 Å². The van der Waals surface area contributed by atoms with E-state index in [4.69, 9.17) is 4.74 Å². The van der Waals surface area contributed by atoms with Crippen molar-refractivity contribution in [3.8, 4) is 0 Å². The highest BCUT2D eigenvalue weighted by atomic mass is 16.6. The Balaban J connectivity index is 1.98. The van der Waals surface area contributed by atoms with Crippen molar-refractivity contribution in [3.05, 3.63) is 59.7 Å². The molecule has 5 heteroatoms. The number of hydrogen-bond acceptors (Lipinski definition) is 3. The number of amides is 2. The van der Waals surface area contributed by atoms with E-state index in [1.54, 1.807) is 6.92 Å². The van der Waals surface area contributed by atoms with E-state index in [0.717, 1.165) is 17.7 Å². The number of anilines is 2. The van der Waals surface area contributed by atoms with Gasteiger partial charge >= 0.3 is 6.09 Å². The fraction of sp³-hybridized carbons (Fsp3) is 0.417. The van der Waals surface area contributed by atoms with Crippen molar-refractivity contribution in [2.24, 2.45) is 5.92 Å². The molecule has 154 valence electrons. The van der Waals surface area contributed by atoms with Gasteiger partial charge in [-0.2, -0.15) is 0 Å². The summed E-state index contributed by atoms with van der Waals surface area (Å²) in [5.41, 5.74) is 3.52. The number of nitrogens with zero attached hydrogens (tertiary/aromatic N) is 1. The van der Waals surface area contributed by atoms with Gasteiger partial charge in [0.1, 0.15) is 6.10 Å². The molecule has 2 atom stereocenters. The zero-order valence-electron chi connectivity index (χ0n) is 17.9. The van der Waals surface area contributed by atoms with Crippen LogP contribution in [0.3, 0.4) is 0 Å². The molecule has 3 rings (SSSR count). The second-order valence-corrected chi connectivity index (χ2v) is 8.33. The lowest BCUT2D eigenvalue weighted by molar-refractivity contribution is -0.116. The predicted octanol–water partition coefficient (Wildman–Crippen LogP) is 5.34. The first kappa shape index (κ1) is 20.9. The van der Waals surface area contributed by atoms with E-state index < -0.39 is 6.09 Å². The summed E-state index contributed by atoms with van der Waals surface area (Å²) in [6, 6.07) is 16.0. The first-order valence-corrected chi connectivity index (χ1v) is 10.2. The Hall–Kier alpha value is -2.82. The number of nitrogens with one attached hydrogen (secondary N) is 1. The molecule has 2 aromatic carbocycles. The van der Waals surface area contributed by atoms with Crippen molar-refractivity contribution in [1.82, 2.24) is 0 Å². The van der Waals surface area contributed by atoms with Gasteiger partial charge in [0.25, 0.3) is 0 Å². The van der Waals surface area contributed by atoms with Crippen LogP contribution in [0.15, 0.2) is 48.5 Å². The Kier molecular flexibility index (Phi) is 5.96. The van der Waals surface area contributed by atoms with Gasteiger partial charge in [-0.1, -0.05) is 51.1 Å². The van der Waals surface area contributed by atoms with Crippen LogP contribution in [0.2, 0.25) is 0 Å². The van der Waals surface area contributed by atoms with Gasteiger partial charge in [0.15, 0.2) is 0 Å². The SMILES string of the molecule is CC(=O)N1CCC(C)(c2ccccc2)c2cc(NC(=O)OC(C)C(C)C)ccc21. The van der Waals surface area contributed by atoms with E-state index in [2.05, 4.69) is 24.4 Å². The average Bonchev–Trinajstić information content (AvgIpc) is 2.68. The lowest BCUT2D eigenvalue weighted by atomic mass is 9.71. The van der Waals surface area contributed by atoms with E-state index in [9.17, 15) is 9.59 Å². The Morgan fingerprint density at radius 1 is 1.10 bits per heavy atom. The van der Waals surface area contributed by atoms with Crippen LogP contribution >= 0.6 is 0 Å². The Bertz CT molecular complexity index is 894. The van der Waals surface area contributed by atoms with E-state index in [1.165, 1.54) is 5.56 Å². The molecule has 0 spiro atoms. The monoisotopic (exact) mass is 394 g/mol. The standard InChI is InChI=1S/C24H30N2O3/c1-16(2)17(3)29-23(28)25-20-11-12-22-21(15-20)24(5,13-14-26(22)18(4)27)19-9-7-6-8-10-19/h6-12,15-17H,13-14H2,1-5H3,(H,25,28). The second-order valence-electron chi connectivity index (χ2n) is 8.33. The molecule has 1 N–H and O–H groups in total. The summed E-state index contributed by atoms with van der Waals surface area (Å²) in [7, 11) is 0. The van der Waals surface area contributed by atoms with Crippen LogP contribution < -0.4 is 10.2 Å². The van der Waals surface area contributed by atoms with Crippen molar-refractivity contribution in [1.29, 1.82) is 0 Å². The summed E-state index contributed by atoms with van der Waals surface area (Å²) in [5, 5.41) is 2.85. The first-order valence-electron chi connectivity index (χ1n) is 10.2. The van der Waals surface area contributed by atoms with Crippen LogP contribution in [0.25, 0.3) is 0 Å². The molecule has 2 aromatic rings. The van der Waals surface area contributed by atoms with Crippen molar-refractivity contribution in [2.45, 2.75) is 52.6 Å². The molecule has 29 heavy (non-hydrogen) atoms. The number of carbonyl (C=O) groups excluding carboxylic acids is 2. The van der Waals surface area contributed by atoms with Crippen molar-refractivity contribution in [2.75, 3.05) is 16.8 Å². The Morgan fingerprint density at radius 2 is 1.79 bits per heavy atom. The maximum atomic E-state index is 12.3. The van der Waals surface area contributed by atoms with Crippen molar-refractivity contribution in [3.63, 3.8) is 0 Å². The van der Waals surface area contributed by atoms with Crippen LogP contribution in [-0.4, -0.2) is 24.6 Å². The minimum Gasteiger partial charge on any atom is -0.446 e. The molecular weight excluding hydrogens is 364 g/mol. The van der Waals surface area contributed by atoms with E-state index >= 15 is 0 Å². The minimum atomic E-state index is -0.466. The van der Waals surface area contributed by atoms with Gasteiger partial charge in [-0.15, -0.1) is 0 Å². The number of carbonyl (C=O) groups is 2. The summed E-state index contributed by atoms with van der Waals surface area (Å²) < 4.78 is 5.44. The molecule has 5 nitrogen and oxygen atoms in total. The summed E-state index contributed by atoms with van der Waals surface area (Å²) in [6.07, 6.45) is 0.171. The Labute approximate surface area is 173 Å². The first-order chi connectivity index (χ1) is 13.7. The summed E-state index contributed by atoms with van der Waals surface area (Å²) in [5.74, 6) is 0.266. The molecule has 0 radical (unpaired) electrons. The molecule has 0 saturated carbocycles. The number of benzene rings is 2. The molecule has 0 fully saturated rings. The lowest BCUT2D eigenvalue weighted by Crippen LogP contribution is -2.41. The minimum absolute atomic E-state index is 0.0206. The van der Waals surface area contributed by atoms with Gasteiger partial charge in [-0.25, -0.2) is 4.79 Å². The van der Waals surface area contributed by atoms with Gasteiger partial charge in [0, 0.05) is 30.3 Å². The zero-order chi connectivity index (χ0) is 21.2. The summed E-state index contributed by atoms with van der Waals surface area (Å²) in [6.45, 7) is 10.4. The number of hydrogen-bond donors (Lipinski definition) is 1. The third-order valence-corrected chi connectivity index (χ3v) is 5.99. The van der Waals surface area contributed by atoms with Gasteiger partial charge < -0.3 is 9.64 Å². The molecule has 2 amide bonds. The van der Waals surface area contributed by atoms with Crippen LogP contribution in [-0.2, 0) is 14.9 Å². The third-order valence-electron chi connectivity index (χ3n) is 5.99. The molecular formula is C24H30N2O3. The highest BCUT2D eigenvalue weighted by Gasteiger charge is 2.38. The average molecular weight is 395 g/mol. The summed E-state index contributed by atoms with van der Waals surface area (Å²) >= 11 is 0. The smallest absolute Gasteiger partial charge is 0.411 e. The fourth-order valence-electron chi connectivity index (χ4n) is 3.77. The number of fused-ring (bicyclic) bond motifs is 1. The van der Waals surface area contributed by atoms with Gasteiger partial charge in [-0.3, -0.25) is 10.1 Å². The molecule has 1 heterocycles. The lowest BCUT2D eigenvalue weighted by Gasteiger charge is -2.41. The van der Waals surface area contributed by atoms with E-state index in [1.807, 2.05) is 62.1 Å². The fourth-order valence-corrected chi connectivity index (χ4v) is 3.77. The van der Waals surface area contributed by atoms with Crippen molar-refractivity contribution < 1.29 is 14.3 Å². The molecule has 1 aliphatic heterocycles. The quantitative estimate of drug-likeness (QED) is 0.761. The number of rotatable bonds is 4. The van der Waals surface area contributed by atoms with Crippen LogP contribution in [0.1, 0.15) is 52.2 Å². The molecule has 1 aliphatic rings. The molecule has 2 unspecified atom stereocenters. The molecule has 0 aliphatic carbocycles. The largest absolute Gasteiger partial charge is 0.446 e. The van der Waals surface area contributed by atoms with Gasteiger partial charge in [0.2, 0.25) is 5.91 Å². The highest BCUT2D eigenvalue weighted by Crippen LogP contribution is 2.45.